The highest BCUT2D eigenvalue weighted by Gasteiger charge is 2.26. The summed E-state index contributed by atoms with van der Waals surface area (Å²) in [6.45, 7) is 1.36. The van der Waals surface area contributed by atoms with Crippen molar-refractivity contribution in [2.45, 2.75) is 30.2 Å². The van der Waals surface area contributed by atoms with Gasteiger partial charge in [0, 0.05) is 24.7 Å². The molecule has 7 nitrogen and oxygen atoms in total. The molecule has 2 rings (SSSR count). The molecule has 2 N–H and O–H groups in total. The van der Waals surface area contributed by atoms with Crippen LogP contribution < -0.4 is 24.2 Å². The molecule has 1 aromatic carbocycles. The maximum Gasteiger partial charge on any atom is 0.247 e. The summed E-state index contributed by atoms with van der Waals surface area (Å²) >= 11 is 0. The van der Waals surface area contributed by atoms with Crippen molar-refractivity contribution < 1.29 is 22.6 Å². The van der Waals surface area contributed by atoms with E-state index in [2.05, 4.69) is 10.0 Å². The van der Waals surface area contributed by atoms with Gasteiger partial charge < -0.3 is 19.5 Å². The fourth-order valence-corrected chi connectivity index (χ4v) is 4.03. The van der Waals surface area contributed by atoms with E-state index in [0.717, 1.165) is 25.8 Å². The third-order valence-corrected chi connectivity index (χ3v) is 5.41. The van der Waals surface area contributed by atoms with Crippen molar-refractivity contribution in [1.82, 2.24) is 10.0 Å². The van der Waals surface area contributed by atoms with Gasteiger partial charge in [0.05, 0.1) is 21.3 Å². The van der Waals surface area contributed by atoms with Gasteiger partial charge in [0.15, 0.2) is 4.90 Å². The number of rotatable bonds is 8. The molecule has 1 atom stereocenters. The normalized spacial score (nSPS) is 17.2. The molecule has 24 heavy (non-hydrogen) atoms. The molecule has 0 aliphatic carbocycles. The summed E-state index contributed by atoms with van der Waals surface area (Å²) in [6.07, 6.45) is 2.97. The summed E-state index contributed by atoms with van der Waals surface area (Å²) in [5, 5.41) is 3.34. The summed E-state index contributed by atoms with van der Waals surface area (Å²) in [5.74, 6) is 0.841. The SMILES string of the molecule is COc1cc(OC)c(S(=O)(=O)NCC[C@H]2CCCN2)c(OC)c1.Cl. The molecule has 1 aliphatic rings. The van der Waals surface area contributed by atoms with E-state index < -0.39 is 10.0 Å². The van der Waals surface area contributed by atoms with Crippen molar-refractivity contribution in [1.29, 1.82) is 0 Å². The Bertz CT molecular complexity index is 608. The summed E-state index contributed by atoms with van der Waals surface area (Å²) in [5.41, 5.74) is 0. The zero-order chi connectivity index (χ0) is 16.9. The maximum absolute atomic E-state index is 12.6. The number of benzene rings is 1. The number of ether oxygens (including phenoxy) is 3. The van der Waals surface area contributed by atoms with Crippen LogP contribution in [0.15, 0.2) is 17.0 Å². The first kappa shape index (κ1) is 20.8. The van der Waals surface area contributed by atoms with Crippen molar-refractivity contribution in [2.24, 2.45) is 0 Å². The van der Waals surface area contributed by atoms with Gasteiger partial charge in [0.1, 0.15) is 17.2 Å². The Morgan fingerprint density at radius 2 is 1.79 bits per heavy atom. The van der Waals surface area contributed by atoms with E-state index in [0.29, 0.717) is 18.3 Å². The Kier molecular flexibility index (Phi) is 8.08. The average Bonchev–Trinajstić information content (AvgIpc) is 3.06. The number of sulfonamides is 1. The van der Waals surface area contributed by atoms with Crippen LogP contribution in [-0.2, 0) is 10.0 Å². The van der Waals surface area contributed by atoms with Crippen LogP contribution in [0.5, 0.6) is 17.2 Å². The van der Waals surface area contributed by atoms with Crippen LogP contribution in [0.1, 0.15) is 19.3 Å². The smallest absolute Gasteiger partial charge is 0.247 e. The molecule has 0 radical (unpaired) electrons. The predicted octanol–water partition coefficient (Wildman–Crippen LogP) is 1.55. The molecule has 0 amide bonds. The fraction of sp³-hybridized carbons (Fsp3) is 0.600. The van der Waals surface area contributed by atoms with E-state index in [-0.39, 0.29) is 28.8 Å². The molecule has 1 heterocycles. The number of methoxy groups -OCH3 is 3. The summed E-state index contributed by atoms with van der Waals surface area (Å²) in [7, 11) is 0.574. The lowest BCUT2D eigenvalue weighted by atomic mass is 10.2. The number of halogens is 1. The molecule has 1 fully saturated rings. The third kappa shape index (κ3) is 4.89. The van der Waals surface area contributed by atoms with Crippen molar-refractivity contribution in [3.05, 3.63) is 12.1 Å². The summed E-state index contributed by atoms with van der Waals surface area (Å²) in [4.78, 5) is -0.0114. The Morgan fingerprint density at radius 1 is 1.17 bits per heavy atom. The van der Waals surface area contributed by atoms with E-state index in [9.17, 15) is 8.42 Å². The Labute approximate surface area is 149 Å². The molecule has 0 saturated carbocycles. The summed E-state index contributed by atoms with van der Waals surface area (Å²) in [6, 6.07) is 3.42. The van der Waals surface area contributed by atoms with Crippen LogP contribution in [-0.4, -0.2) is 48.9 Å². The van der Waals surface area contributed by atoms with Crippen molar-refractivity contribution in [3.63, 3.8) is 0 Å². The number of hydrogen-bond acceptors (Lipinski definition) is 6. The standard InChI is InChI=1S/C15H24N2O5S.ClH/c1-20-12-9-13(21-2)15(14(10-12)22-3)23(18,19)17-8-6-11-5-4-7-16-11;/h9-11,16-17H,4-8H2,1-3H3;1H/t11-;/m1./s1. The molecule has 0 aromatic heterocycles. The monoisotopic (exact) mass is 380 g/mol. The van der Waals surface area contributed by atoms with Crippen molar-refractivity contribution in [3.8, 4) is 17.2 Å². The Hall–Kier alpha value is -1.22. The molecule has 0 bridgehead atoms. The second-order valence-electron chi connectivity index (χ2n) is 5.34. The van der Waals surface area contributed by atoms with Gasteiger partial charge in [-0.2, -0.15) is 0 Å². The predicted molar refractivity (Wildman–Crippen MR) is 94.2 cm³/mol. The average molecular weight is 381 g/mol. The van der Waals surface area contributed by atoms with Gasteiger partial charge in [-0.3, -0.25) is 0 Å². The van der Waals surface area contributed by atoms with Crippen molar-refractivity contribution >= 4 is 22.4 Å². The van der Waals surface area contributed by atoms with Crippen LogP contribution in [0.3, 0.4) is 0 Å². The van der Waals surface area contributed by atoms with E-state index >= 15 is 0 Å². The maximum atomic E-state index is 12.6. The highest BCUT2D eigenvalue weighted by Crippen LogP contribution is 2.37. The van der Waals surface area contributed by atoms with Gasteiger partial charge >= 0.3 is 0 Å². The van der Waals surface area contributed by atoms with Gasteiger partial charge in [-0.25, -0.2) is 13.1 Å². The van der Waals surface area contributed by atoms with Gasteiger partial charge in [0.25, 0.3) is 0 Å². The second kappa shape index (κ2) is 9.31. The number of nitrogens with one attached hydrogen (secondary N) is 2. The molecule has 1 aliphatic heterocycles. The van der Waals surface area contributed by atoms with Crippen LogP contribution >= 0.6 is 12.4 Å². The van der Waals surface area contributed by atoms with Gasteiger partial charge in [-0.1, -0.05) is 0 Å². The van der Waals surface area contributed by atoms with Crippen LogP contribution in [0.2, 0.25) is 0 Å². The lowest BCUT2D eigenvalue weighted by Gasteiger charge is -2.16. The van der Waals surface area contributed by atoms with E-state index in [4.69, 9.17) is 14.2 Å². The Morgan fingerprint density at radius 3 is 2.25 bits per heavy atom. The first-order valence-corrected chi connectivity index (χ1v) is 9.03. The Balaban J connectivity index is 0.00000288. The zero-order valence-electron chi connectivity index (χ0n) is 14.1. The topological polar surface area (TPSA) is 85.9 Å². The van der Waals surface area contributed by atoms with E-state index in [1.165, 1.54) is 33.5 Å². The first-order chi connectivity index (χ1) is 11.0. The number of hydrogen-bond donors (Lipinski definition) is 2. The molecular formula is C15H25ClN2O5S. The molecule has 138 valence electrons. The molecule has 9 heteroatoms. The highest BCUT2D eigenvalue weighted by molar-refractivity contribution is 7.89. The van der Waals surface area contributed by atoms with Gasteiger partial charge in [0.2, 0.25) is 10.0 Å². The molecule has 0 unspecified atom stereocenters. The van der Waals surface area contributed by atoms with E-state index in [1.54, 1.807) is 0 Å². The fourth-order valence-electron chi connectivity index (χ4n) is 2.68. The van der Waals surface area contributed by atoms with Crippen LogP contribution in [0, 0.1) is 0 Å². The van der Waals surface area contributed by atoms with Crippen LogP contribution in [0.4, 0.5) is 0 Å². The highest BCUT2D eigenvalue weighted by atomic mass is 35.5. The molecular weight excluding hydrogens is 356 g/mol. The zero-order valence-corrected chi connectivity index (χ0v) is 15.8. The van der Waals surface area contributed by atoms with Gasteiger partial charge in [-0.05, 0) is 25.8 Å². The van der Waals surface area contributed by atoms with Crippen LogP contribution in [0.25, 0.3) is 0 Å². The quantitative estimate of drug-likeness (QED) is 0.711. The van der Waals surface area contributed by atoms with Crippen molar-refractivity contribution in [2.75, 3.05) is 34.4 Å². The lowest BCUT2D eigenvalue weighted by molar-refractivity contribution is 0.358. The molecule has 0 spiro atoms. The summed E-state index contributed by atoms with van der Waals surface area (Å²) < 4.78 is 43.4. The molecule has 1 aromatic rings. The second-order valence-corrected chi connectivity index (χ2v) is 7.04. The van der Waals surface area contributed by atoms with Gasteiger partial charge in [-0.15, -0.1) is 12.4 Å². The minimum Gasteiger partial charge on any atom is -0.496 e. The lowest BCUT2D eigenvalue weighted by Crippen LogP contribution is -2.31. The molecule has 1 saturated heterocycles. The minimum atomic E-state index is -3.75. The largest absolute Gasteiger partial charge is 0.496 e. The third-order valence-electron chi connectivity index (χ3n) is 3.89. The first-order valence-electron chi connectivity index (χ1n) is 7.55. The van der Waals surface area contributed by atoms with E-state index in [1.807, 2.05) is 0 Å². The minimum absolute atomic E-state index is 0.